The molecule has 5 nitrogen and oxygen atoms in total. The van der Waals surface area contributed by atoms with Crippen LogP contribution in [-0.4, -0.2) is 34.2 Å². The molecule has 0 saturated carbocycles. The number of fused-ring (bicyclic) bond motifs is 1. The van der Waals surface area contributed by atoms with E-state index in [1.807, 2.05) is 24.3 Å². The SMILES string of the molecule is COc1ccc(/C=C2/N=C3SC(C)C(=O)N3C2=O)cc1. The van der Waals surface area contributed by atoms with Crippen LogP contribution >= 0.6 is 11.8 Å². The Labute approximate surface area is 120 Å². The van der Waals surface area contributed by atoms with Crippen LogP contribution in [0.1, 0.15) is 12.5 Å². The molecule has 1 fully saturated rings. The van der Waals surface area contributed by atoms with Crippen LogP contribution in [0.15, 0.2) is 35.0 Å². The van der Waals surface area contributed by atoms with Crippen LogP contribution in [-0.2, 0) is 9.59 Å². The van der Waals surface area contributed by atoms with Crippen LogP contribution in [0, 0.1) is 0 Å². The minimum atomic E-state index is -0.349. The minimum Gasteiger partial charge on any atom is -0.497 e. The van der Waals surface area contributed by atoms with Gasteiger partial charge < -0.3 is 4.74 Å². The number of aliphatic imine (C=N–C) groups is 1. The highest BCUT2D eigenvalue weighted by Crippen LogP contribution is 2.33. The van der Waals surface area contributed by atoms with Crippen molar-refractivity contribution in [3.8, 4) is 5.75 Å². The Morgan fingerprint density at radius 2 is 2.00 bits per heavy atom. The Morgan fingerprint density at radius 3 is 2.60 bits per heavy atom. The van der Waals surface area contributed by atoms with Gasteiger partial charge in [-0.05, 0) is 30.7 Å². The van der Waals surface area contributed by atoms with E-state index in [4.69, 9.17) is 4.74 Å². The summed E-state index contributed by atoms with van der Waals surface area (Å²) in [7, 11) is 1.60. The van der Waals surface area contributed by atoms with E-state index < -0.39 is 0 Å². The highest BCUT2D eigenvalue weighted by molar-refractivity contribution is 8.15. The van der Waals surface area contributed by atoms with E-state index in [0.29, 0.717) is 5.17 Å². The van der Waals surface area contributed by atoms with Crippen LogP contribution in [0.5, 0.6) is 5.75 Å². The predicted molar refractivity (Wildman–Crippen MR) is 77.3 cm³/mol. The molecule has 1 unspecified atom stereocenters. The molecule has 0 aromatic heterocycles. The van der Waals surface area contributed by atoms with Gasteiger partial charge in [-0.3, -0.25) is 9.59 Å². The summed E-state index contributed by atoms with van der Waals surface area (Å²) in [6.07, 6.45) is 1.67. The summed E-state index contributed by atoms with van der Waals surface area (Å²) in [5, 5.41) is 0.243. The zero-order valence-corrected chi connectivity index (χ0v) is 11.8. The zero-order valence-electron chi connectivity index (χ0n) is 11.0. The third-order valence-corrected chi connectivity index (χ3v) is 4.14. The van der Waals surface area contributed by atoms with E-state index in [1.165, 1.54) is 11.8 Å². The van der Waals surface area contributed by atoms with Crippen LogP contribution < -0.4 is 4.74 Å². The topological polar surface area (TPSA) is 59.0 Å². The average Bonchev–Trinajstić information content (AvgIpc) is 2.89. The summed E-state index contributed by atoms with van der Waals surface area (Å²) < 4.78 is 5.08. The van der Waals surface area contributed by atoms with Crippen molar-refractivity contribution in [1.29, 1.82) is 0 Å². The number of carbonyl (C=O) groups is 2. The van der Waals surface area contributed by atoms with Crippen molar-refractivity contribution in [3.05, 3.63) is 35.5 Å². The number of methoxy groups -OCH3 is 1. The Balaban J connectivity index is 1.90. The van der Waals surface area contributed by atoms with Gasteiger partial charge in [-0.25, -0.2) is 9.89 Å². The first kappa shape index (κ1) is 12.9. The first-order chi connectivity index (χ1) is 9.60. The average molecular weight is 288 g/mol. The molecule has 2 aliphatic heterocycles. The first-order valence-corrected chi connectivity index (χ1v) is 6.97. The van der Waals surface area contributed by atoms with Crippen LogP contribution in [0.3, 0.4) is 0 Å². The molecule has 0 radical (unpaired) electrons. The molecular weight excluding hydrogens is 276 g/mol. The number of rotatable bonds is 2. The van der Waals surface area contributed by atoms with E-state index in [-0.39, 0.29) is 22.8 Å². The highest BCUT2D eigenvalue weighted by Gasteiger charge is 2.44. The Bertz CT molecular complexity index is 649. The molecule has 2 heterocycles. The van der Waals surface area contributed by atoms with Gasteiger partial charge in [-0.2, -0.15) is 0 Å². The van der Waals surface area contributed by atoms with Crippen molar-refractivity contribution in [1.82, 2.24) is 4.90 Å². The van der Waals surface area contributed by atoms with Gasteiger partial charge >= 0.3 is 0 Å². The zero-order chi connectivity index (χ0) is 14.3. The number of benzene rings is 1. The number of hydrogen-bond donors (Lipinski definition) is 0. The normalized spacial score (nSPS) is 23.3. The van der Waals surface area contributed by atoms with E-state index in [2.05, 4.69) is 4.99 Å². The maximum atomic E-state index is 12.2. The second kappa shape index (κ2) is 4.79. The molecule has 2 amide bonds. The van der Waals surface area contributed by atoms with Crippen molar-refractivity contribution < 1.29 is 14.3 Å². The highest BCUT2D eigenvalue weighted by atomic mass is 32.2. The Kier molecular flexibility index (Phi) is 3.10. The maximum absolute atomic E-state index is 12.2. The van der Waals surface area contributed by atoms with Crippen molar-refractivity contribution in [2.24, 2.45) is 4.99 Å². The lowest BCUT2D eigenvalue weighted by Crippen LogP contribution is -2.33. The largest absolute Gasteiger partial charge is 0.497 e. The van der Waals surface area contributed by atoms with E-state index in [1.54, 1.807) is 20.1 Å². The van der Waals surface area contributed by atoms with Crippen molar-refractivity contribution in [2.75, 3.05) is 7.11 Å². The standard InChI is InChI=1S/C14H12N2O3S/c1-8-12(17)16-13(18)11(15-14(16)20-8)7-9-3-5-10(19-2)6-4-9/h3-8H,1-2H3/b11-7+. The van der Waals surface area contributed by atoms with Crippen LogP contribution in [0.4, 0.5) is 0 Å². The lowest BCUT2D eigenvalue weighted by atomic mass is 10.2. The number of nitrogens with zero attached hydrogens (tertiary/aromatic N) is 2. The van der Waals surface area contributed by atoms with E-state index in [0.717, 1.165) is 16.2 Å². The molecule has 20 heavy (non-hydrogen) atoms. The molecule has 0 aliphatic carbocycles. The lowest BCUT2D eigenvalue weighted by molar-refractivity contribution is -0.135. The molecule has 0 bridgehead atoms. The summed E-state index contributed by atoms with van der Waals surface area (Å²) >= 11 is 1.31. The van der Waals surface area contributed by atoms with Crippen LogP contribution in [0.25, 0.3) is 6.08 Å². The number of imide groups is 1. The number of amides is 2. The Morgan fingerprint density at radius 1 is 1.30 bits per heavy atom. The van der Waals surface area contributed by atoms with Gasteiger partial charge in [-0.1, -0.05) is 23.9 Å². The third-order valence-electron chi connectivity index (χ3n) is 3.10. The summed E-state index contributed by atoms with van der Waals surface area (Å²) in [6.45, 7) is 1.77. The number of carbonyl (C=O) groups excluding carboxylic acids is 2. The molecule has 102 valence electrons. The quantitative estimate of drug-likeness (QED) is 0.616. The maximum Gasteiger partial charge on any atom is 0.285 e. The minimum absolute atomic E-state index is 0.197. The van der Waals surface area contributed by atoms with Crippen molar-refractivity contribution in [2.45, 2.75) is 12.2 Å². The lowest BCUT2D eigenvalue weighted by Gasteiger charge is -2.06. The second-order valence-electron chi connectivity index (χ2n) is 4.44. The number of hydrogen-bond acceptors (Lipinski definition) is 5. The van der Waals surface area contributed by atoms with Gasteiger partial charge in [0.1, 0.15) is 11.4 Å². The summed E-state index contributed by atoms with van der Waals surface area (Å²) in [4.78, 5) is 29.4. The summed E-state index contributed by atoms with van der Waals surface area (Å²) in [5.74, 6) is 0.200. The third kappa shape index (κ3) is 2.02. The Hall–Kier alpha value is -2.08. The molecule has 0 spiro atoms. The van der Waals surface area contributed by atoms with E-state index >= 15 is 0 Å². The molecule has 3 rings (SSSR count). The van der Waals surface area contributed by atoms with E-state index in [9.17, 15) is 9.59 Å². The molecule has 1 aromatic rings. The first-order valence-electron chi connectivity index (χ1n) is 6.09. The van der Waals surface area contributed by atoms with Gasteiger partial charge in [0.25, 0.3) is 5.91 Å². The van der Waals surface area contributed by atoms with Gasteiger partial charge in [0.2, 0.25) is 5.91 Å². The number of amidine groups is 1. The predicted octanol–water partition coefficient (Wildman–Crippen LogP) is 1.90. The van der Waals surface area contributed by atoms with Crippen molar-refractivity contribution in [3.63, 3.8) is 0 Å². The number of ether oxygens (including phenoxy) is 1. The molecule has 1 aromatic carbocycles. The number of thioether (sulfide) groups is 1. The fourth-order valence-corrected chi connectivity index (χ4v) is 2.97. The van der Waals surface area contributed by atoms with Gasteiger partial charge in [0, 0.05) is 0 Å². The van der Waals surface area contributed by atoms with Gasteiger partial charge in [0.15, 0.2) is 5.17 Å². The van der Waals surface area contributed by atoms with Crippen molar-refractivity contribution >= 4 is 34.8 Å². The van der Waals surface area contributed by atoms with Gasteiger partial charge in [0.05, 0.1) is 12.4 Å². The summed E-state index contributed by atoms with van der Waals surface area (Å²) in [6, 6.07) is 7.28. The molecule has 6 heteroatoms. The molecule has 0 N–H and O–H groups in total. The smallest absolute Gasteiger partial charge is 0.285 e. The molecule has 1 saturated heterocycles. The molecule has 2 aliphatic rings. The fraction of sp³-hybridized carbons (Fsp3) is 0.214. The monoisotopic (exact) mass is 288 g/mol. The van der Waals surface area contributed by atoms with Gasteiger partial charge in [-0.15, -0.1) is 0 Å². The molecule has 1 atom stereocenters. The second-order valence-corrected chi connectivity index (χ2v) is 5.74. The summed E-state index contributed by atoms with van der Waals surface area (Å²) in [5.41, 5.74) is 1.13. The fourth-order valence-electron chi connectivity index (χ4n) is 2.02. The van der Waals surface area contributed by atoms with Crippen LogP contribution in [0.2, 0.25) is 0 Å². The molecular formula is C14H12N2O3S.